The summed E-state index contributed by atoms with van der Waals surface area (Å²) in [6.07, 6.45) is 0.945. The van der Waals surface area contributed by atoms with Crippen LogP contribution in [0.2, 0.25) is 0 Å². The van der Waals surface area contributed by atoms with Crippen molar-refractivity contribution in [2.45, 2.75) is 33.7 Å². The first-order valence-corrected chi connectivity index (χ1v) is 7.89. The van der Waals surface area contributed by atoms with E-state index in [2.05, 4.69) is 11.4 Å². The fourth-order valence-electron chi connectivity index (χ4n) is 3.01. The van der Waals surface area contributed by atoms with Crippen LogP contribution in [0.25, 0.3) is 21.9 Å². The van der Waals surface area contributed by atoms with E-state index in [-0.39, 0.29) is 5.63 Å². The first-order valence-electron chi connectivity index (χ1n) is 7.89. The Kier molecular flexibility index (Phi) is 4.24. The predicted molar refractivity (Wildman–Crippen MR) is 91.8 cm³/mol. The van der Waals surface area contributed by atoms with Gasteiger partial charge in [0.05, 0.1) is 0 Å². The Morgan fingerprint density at radius 3 is 2.57 bits per heavy atom. The molecule has 3 aromatic rings. The Hall–Kier alpha value is -2.11. The summed E-state index contributed by atoms with van der Waals surface area (Å²) in [6.45, 7) is 8.12. The summed E-state index contributed by atoms with van der Waals surface area (Å²) in [5.41, 5.74) is 9.53. The molecule has 0 spiro atoms. The van der Waals surface area contributed by atoms with Gasteiger partial charge in [-0.25, -0.2) is 4.79 Å². The van der Waals surface area contributed by atoms with Crippen molar-refractivity contribution in [1.29, 1.82) is 0 Å². The molecule has 0 unspecified atom stereocenters. The first-order chi connectivity index (χ1) is 11.0. The van der Waals surface area contributed by atoms with Crippen molar-refractivity contribution in [2.75, 3.05) is 13.1 Å². The van der Waals surface area contributed by atoms with Crippen molar-refractivity contribution in [1.82, 2.24) is 5.32 Å². The maximum absolute atomic E-state index is 11.7. The van der Waals surface area contributed by atoms with Crippen LogP contribution < -0.4 is 16.7 Å². The van der Waals surface area contributed by atoms with E-state index in [9.17, 15) is 4.79 Å². The predicted octanol–water partition coefficient (Wildman–Crippen LogP) is 2.90. The lowest BCUT2D eigenvalue weighted by molar-refractivity contribution is 0.548. The number of fused-ring (bicyclic) bond motifs is 2. The zero-order valence-electron chi connectivity index (χ0n) is 13.8. The molecule has 0 fully saturated rings. The van der Waals surface area contributed by atoms with E-state index < -0.39 is 0 Å². The molecular formula is C18H22N2O3. The monoisotopic (exact) mass is 314 g/mol. The number of aryl methyl sites for hydroxylation is 3. The van der Waals surface area contributed by atoms with E-state index >= 15 is 0 Å². The number of nitrogens with one attached hydrogen (secondary N) is 1. The highest BCUT2D eigenvalue weighted by atomic mass is 16.4. The molecule has 1 aromatic carbocycles. The molecular weight excluding hydrogens is 292 g/mol. The molecule has 3 N–H and O–H groups in total. The largest absolute Gasteiger partial charge is 0.461 e. The highest BCUT2D eigenvalue weighted by Crippen LogP contribution is 2.34. The van der Waals surface area contributed by atoms with Gasteiger partial charge in [0, 0.05) is 34.5 Å². The molecule has 122 valence electrons. The summed E-state index contributed by atoms with van der Waals surface area (Å²) in [7, 11) is 0. The SMILES string of the molecule is Cc1oc2c(C)c3oc(=O)cc(C)c3cc2c1CNCCCN. The van der Waals surface area contributed by atoms with Crippen LogP contribution in [0.15, 0.2) is 25.8 Å². The van der Waals surface area contributed by atoms with Crippen LogP contribution in [0, 0.1) is 20.8 Å². The fraction of sp³-hybridized carbons (Fsp3) is 0.389. The molecule has 3 rings (SSSR count). The third-order valence-electron chi connectivity index (χ3n) is 4.29. The van der Waals surface area contributed by atoms with Crippen molar-refractivity contribution < 1.29 is 8.83 Å². The topological polar surface area (TPSA) is 81.4 Å². The quantitative estimate of drug-likeness (QED) is 0.559. The lowest BCUT2D eigenvalue weighted by Crippen LogP contribution is -2.17. The van der Waals surface area contributed by atoms with Gasteiger partial charge in [0.15, 0.2) is 0 Å². The third-order valence-corrected chi connectivity index (χ3v) is 4.29. The van der Waals surface area contributed by atoms with E-state index in [0.717, 1.165) is 58.3 Å². The molecule has 5 nitrogen and oxygen atoms in total. The van der Waals surface area contributed by atoms with Gasteiger partial charge in [0.2, 0.25) is 0 Å². The lowest BCUT2D eigenvalue weighted by Gasteiger charge is -2.06. The van der Waals surface area contributed by atoms with Gasteiger partial charge in [0.1, 0.15) is 16.9 Å². The van der Waals surface area contributed by atoms with Gasteiger partial charge in [-0.05, 0) is 51.9 Å². The second-order valence-corrected chi connectivity index (χ2v) is 5.96. The van der Waals surface area contributed by atoms with E-state index in [1.165, 1.54) is 6.07 Å². The van der Waals surface area contributed by atoms with Gasteiger partial charge >= 0.3 is 5.63 Å². The zero-order valence-corrected chi connectivity index (χ0v) is 13.8. The van der Waals surface area contributed by atoms with Gasteiger partial charge in [-0.2, -0.15) is 0 Å². The zero-order chi connectivity index (χ0) is 16.6. The minimum atomic E-state index is -0.329. The maximum atomic E-state index is 11.7. The van der Waals surface area contributed by atoms with Crippen LogP contribution in [0.4, 0.5) is 0 Å². The average molecular weight is 314 g/mol. The third kappa shape index (κ3) is 2.78. The molecule has 0 amide bonds. The Morgan fingerprint density at radius 2 is 1.83 bits per heavy atom. The Balaban J connectivity index is 2.16. The highest BCUT2D eigenvalue weighted by Gasteiger charge is 2.17. The smallest absolute Gasteiger partial charge is 0.336 e. The van der Waals surface area contributed by atoms with Gasteiger partial charge in [-0.3, -0.25) is 0 Å². The summed E-state index contributed by atoms with van der Waals surface area (Å²) < 4.78 is 11.3. The molecule has 0 saturated heterocycles. The number of furan rings is 1. The summed E-state index contributed by atoms with van der Waals surface area (Å²) in [4.78, 5) is 11.7. The second-order valence-electron chi connectivity index (χ2n) is 5.96. The molecule has 2 heterocycles. The van der Waals surface area contributed by atoms with E-state index in [4.69, 9.17) is 14.6 Å². The van der Waals surface area contributed by atoms with Gasteiger partial charge in [-0.1, -0.05) is 0 Å². The normalized spacial score (nSPS) is 11.7. The van der Waals surface area contributed by atoms with Crippen LogP contribution in [-0.4, -0.2) is 13.1 Å². The Bertz CT molecular complexity index is 922. The van der Waals surface area contributed by atoms with Crippen molar-refractivity contribution in [2.24, 2.45) is 5.73 Å². The standard InChI is InChI=1S/C18H22N2O3/c1-10-7-16(21)23-17-11(2)18-14(8-13(10)17)15(12(3)22-18)9-20-6-4-5-19/h7-8,20H,4-6,9,19H2,1-3H3. The van der Waals surface area contributed by atoms with Gasteiger partial charge in [-0.15, -0.1) is 0 Å². The van der Waals surface area contributed by atoms with Crippen molar-refractivity contribution in [3.05, 3.63) is 45.0 Å². The number of nitrogens with two attached hydrogens (primary N) is 1. The fourth-order valence-corrected chi connectivity index (χ4v) is 3.01. The maximum Gasteiger partial charge on any atom is 0.336 e. The summed E-state index contributed by atoms with van der Waals surface area (Å²) in [5, 5.41) is 5.43. The minimum absolute atomic E-state index is 0.329. The molecule has 5 heteroatoms. The van der Waals surface area contributed by atoms with Crippen molar-refractivity contribution in [3.8, 4) is 0 Å². The Labute approximate surface area is 134 Å². The van der Waals surface area contributed by atoms with Crippen molar-refractivity contribution >= 4 is 21.9 Å². The number of rotatable bonds is 5. The number of hydrogen-bond donors (Lipinski definition) is 2. The molecule has 0 radical (unpaired) electrons. The van der Waals surface area contributed by atoms with Crippen LogP contribution in [0.3, 0.4) is 0 Å². The Morgan fingerprint density at radius 1 is 1.09 bits per heavy atom. The average Bonchev–Trinajstić information content (AvgIpc) is 2.82. The molecule has 0 aliphatic carbocycles. The molecule has 0 aliphatic heterocycles. The first kappa shape index (κ1) is 15.8. The molecule has 23 heavy (non-hydrogen) atoms. The van der Waals surface area contributed by atoms with Gasteiger partial charge in [0.25, 0.3) is 0 Å². The van der Waals surface area contributed by atoms with E-state index in [0.29, 0.717) is 12.1 Å². The summed E-state index contributed by atoms with van der Waals surface area (Å²) in [6, 6.07) is 3.59. The molecule has 0 aliphatic rings. The van der Waals surface area contributed by atoms with E-state index in [1.54, 1.807) is 0 Å². The van der Waals surface area contributed by atoms with Gasteiger partial charge < -0.3 is 19.9 Å². The summed E-state index contributed by atoms with van der Waals surface area (Å²) >= 11 is 0. The van der Waals surface area contributed by atoms with Crippen LogP contribution in [0.5, 0.6) is 0 Å². The molecule has 0 atom stereocenters. The summed E-state index contributed by atoms with van der Waals surface area (Å²) in [5.74, 6) is 0.888. The number of benzene rings is 1. The lowest BCUT2D eigenvalue weighted by atomic mass is 10.0. The van der Waals surface area contributed by atoms with E-state index in [1.807, 2.05) is 20.8 Å². The highest BCUT2D eigenvalue weighted by molar-refractivity contribution is 5.99. The molecule has 2 aromatic heterocycles. The van der Waals surface area contributed by atoms with Crippen LogP contribution >= 0.6 is 0 Å². The van der Waals surface area contributed by atoms with Crippen molar-refractivity contribution in [3.63, 3.8) is 0 Å². The molecule has 0 bridgehead atoms. The van der Waals surface area contributed by atoms with Crippen LogP contribution in [0.1, 0.15) is 28.9 Å². The second kappa shape index (κ2) is 6.18. The number of hydrogen-bond acceptors (Lipinski definition) is 5. The molecule has 0 saturated carbocycles. The van der Waals surface area contributed by atoms with Crippen LogP contribution in [-0.2, 0) is 6.54 Å². The minimum Gasteiger partial charge on any atom is -0.461 e.